The number of halogens is 1. The monoisotopic (exact) mass is 288 g/mol. The van der Waals surface area contributed by atoms with E-state index in [9.17, 15) is 13.2 Å². The van der Waals surface area contributed by atoms with E-state index in [0.29, 0.717) is 11.4 Å². The van der Waals surface area contributed by atoms with Gasteiger partial charge in [0.1, 0.15) is 0 Å². The first-order valence-electron chi connectivity index (χ1n) is 5.44. The fourth-order valence-corrected chi connectivity index (χ4v) is 4.28. The number of pyridine rings is 1. The lowest BCUT2D eigenvalue weighted by atomic mass is 10.0. The molecule has 1 N–H and O–H groups in total. The van der Waals surface area contributed by atoms with Crippen molar-refractivity contribution in [3.8, 4) is 0 Å². The number of hydrogen-bond acceptors (Lipinski definition) is 4. The summed E-state index contributed by atoms with van der Waals surface area (Å²) in [6.45, 7) is 1.72. The molecule has 0 bridgehead atoms. The number of sulfone groups is 1. The van der Waals surface area contributed by atoms with Crippen molar-refractivity contribution >= 4 is 27.3 Å². The lowest BCUT2D eigenvalue weighted by Crippen LogP contribution is -2.47. The van der Waals surface area contributed by atoms with Gasteiger partial charge in [0.2, 0.25) is 0 Å². The van der Waals surface area contributed by atoms with E-state index in [-0.39, 0.29) is 17.1 Å². The third-order valence-electron chi connectivity index (χ3n) is 2.93. The number of nitrogens with zero attached hydrogens (tertiary/aromatic N) is 1. The Bertz CT molecular complexity index is 588. The van der Waals surface area contributed by atoms with E-state index in [2.05, 4.69) is 10.3 Å². The Labute approximate surface area is 110 Å². The average molecular weight is 289 g/mol. The van der Waals surface area contributed by atoms with E-state index in [1.54, 1.807) is 6.92 Å². The number of carbonyl (C=O) groups excluding carboxylic acids is 1. The van der Waals surface area contributed by atoms with Gasteiger partial charge in [0.25, 0.3) is 5.91 Å². The van der Waals surface area contributed by atoms with Crippen molar-refractivity contribution < 1.29 is 13.2 Å². The quantitative estimate of drug-likeness (QED) is 0.882. The lowest BCUT2D eigenvalue weighted by Gasteiger charge is -2.23. The van der Waals surface area contributed by atoms with Crippen LogP contribution in [0.1, 0.15) is 23.7 Å². The molecular formula is C11H13ClN2O3S. The lowest BCUT2D eigenvalue weighted by molar-refractivity contribution is 0.0915. The second-order valence-electron chi connectivity index (χ2n) is 4.71. The van der Waals surface area contributed by atoms with Gasteiger partial charge in [-0.25, -0.2) is 8.42 Å². The minimum Gasteiger partial charge on any atom is -0.346 e. The molecule has 5 nitrogen and oxygen atoms in total. The molecule has 1 aromatic rings. The van der Waals surface area contributed by atoms with Gasteiger partial charge in [-0.05, 0) is 19.4 Å². The Morgan fingerprint density at radius 3 is 2.83 bits per heavy atom. The van der Waals surface area contributed by atoms with Gasteiger partial charge in [0.05, 0.1) is 27.6 Å². The van der Waals surface area contributed by atoms with Crippen LogP contribution in [-0.2, 0) is 9.84 Å². The Morgan fingerprint density at radius 2 is 2.28 bits per heavy atom. The second kappa shape index (κ2) is 4.51. The summed E-state index contributed by atoms with van der Waals surface area (Å²) in [6.07, 6.45) is 3.27. The van der Waals surface area contributed by atoms with Gasteiger partial charge in [0, 0.05) is 12.4 Å². The summed E-state index contributed by atoms with van der Waals surface area (Å²) in [7, 11) is -3.06. The maximum Gasteiger partial charge on any atom is 0.254 e. The summed E-state index contributed by atoms with van der Waals surface area (Å²) in [5, 5.41) is 3.02. The molecule has 1 amide bonds. The second-order valence-corrected chi connectivity index (χ2v) is 7.30. The topological polar surface area (TPSA) is 76.1 Å². The number of aromatic nitrogens is 1. The molecular weight excluding hydrogens is 276 g/mol. The molecule has 0 saturated carbocycles. The SMILES string of the molecule is CC1(NC(=O)c2cnccc2Cl)CCS(=O)(=O)C1. The molecule has 1 unspecified atom stereocenters. The normalized spacial score (nSPS) is 25.9. The van der Waals surface area contributed by atoms with Gasteiger partial charge in [-0.1, -0.05) is 11.6 Å². The minimum atomic E-state index is -3.06. The maximum absolute atomic E-state index is 12.0. The van der Waals surface area contributed by atoms with E-state index in [0.717, 1.165) is 0 Å². The van der Waals surface area contributed by atoms with Gasteiger partial charge < -0.3 is 5.32 Å². The third-order valence-corrected chi connectivity index (χ3v) is 5.16. The highest BCUT2D eigenvalue weighted by Gasteiger charge is 2.39. The van der Waals surface area contributed by atoms with Crippen molar-refractivity contribution in [3.63, 3.8) is 0 Å². The van der Waals surface area contributed by atoms with Gasteiger partial charge in [0.15, 0.2) is 9.84 Å². The Hall–Kier alpha value is -1.14. The highest BCUT2D eigenvalue weighted by molar-refractivity contribution is 7.91. The predicted octanol–water partition coefficient (Wildman–Crippen LogP) is 1.04. The zero-order chi connectivity index (χ0) is 13.4. The first-order valence-corrected chi connectivity index (χ1v) is 7.64. The molecule has 0 aliphatic carbocycles. The van der Waals surface area contributed by atoms with E-state index >= 15 is 0 Å². The van der Waals surface area contributed by atoms with Crippen molar-refractivity contribution in [3.05, 3.63) is 29.0 Å². The van der Waals surface area contributed by atoms with Gasteiger partial charge in [-0.3, -0.25) is 9.78 Å². The van der Waals surface area contributed by atoms with Crippen LogP contribution in [0, 0.1) is 0 Å². The first-order chi connectivity index (χ1) is 8.31. The smallest absolute Gasteiger partial charge is 0.254 e. The summed E-state index contributed by atoms with van der Waals surface area (Å²) in [5.74, 6) is -0.332. The van der Waals surface area contributed by atoms with Crippen LogP contribution in [0.25, 0.3) is 0 Å². The summed E-state index contributed by atoms with van der Waals surface area (Å²) >= 11 is 5.89. The molecule has 1 saturated heterocycles. The van der Waals surface area contributed by atoms with Crippen molar-refractivity contribution in [1.29, 1.82) is 0 Å². The van der Waals surface area contributed by atoms with E-state index in [1.807, 2.05) is 0 Å². The Morgan fingerprint density at radius 1 is 1.56 bits per heavy atom. The first kappa shape index (κ1) is 13.3. The fourth-order valence-electron chi connectivity index (χ4n) is 2.00. The molecule has 1 atom stereocenters. The zero-order valence-electron chi connectivity index (χ0n) is 9.81. The summed E-state index contributed by atoms with van der Waals surface area (Å²) in [6, 6.07) is 1.52. The number of nitrogens with one attached hydrogen (secondary N) is 1. The van der Waals surface area contributed by atoms with E-state index in [1.165, 1.54) is 18.5 Å². The van der Waals surface area contributed by atoms with Gasteiger partial charge in [-0.2, -0.15) is 0 Å². The van der Waals surface area contributed by atoms with Crippen LogP contribution in [0.5, 0.6) is 0 Å². The summed E-state index contributed by atoms with van der Waals surface area (Å²) in [5.41, 5.74) is -0.473. The molecule has 0 aromatic carbocycles. The van der Waals surface area contributed by atoms with E-state index in [4.69, 9.17) is 11.6 Å². The summed E-state index contributed by atoms with van der Waals surface area (Å²) in [4.78, 5) is 15.8. The molecule has 2 heterocycles. The van der Waals surface area contributed by atoms with Crippen LogP contribution in [0.2, 0.25) is 5.02 Å². The molecule has 1 aromatic heterocycles. The standard InChI is InChI=1S/C11H13ClN2O3S/c1-11(3-5-18(16,17)7-11)14-10(15)8-6-13-4-2-9(8)12/h2,4,6H,3,5,7H2,1H3,(H,14,15). The third kappa shape index (κ3) is 2.81. The number of hydrogen-bond donors (Lipinski definition) is 1. The minimum absolute atomic E-state index is 0.0381. The van der Waals surface area contributed by atoms with Crippen LogP contribution in [0.15, 0.2) is 18.5 Å². The van der Waals surface area contributed by atoms with E-state index < -0.39 is 21.3 Å². The average Bonchev–Trinajstić information content (AvgIpc) is 2.53. The van der Waals surface area contributed by atoms with Crippen LogP contribution in [0.4, 0.5) is 0 Å². The van der Waals surface area contributed by atoms with Crippen molar-refractivity contribution in [1.82, 2.24) is 10.3 Å². The molecule has 1 aliphatic rings. The number of rotatable bonds is 2. The van der Waals surface area contributed by atoms with Gasteiger partial charge in [-0.15, -0.1) is 0 Å². The Balaban J connectivity index is 2.16. The van der Waals surface area contributed by atoms with Crippen molar-refractivity contribution in [2.45, 2.75) is 18.9 Å². The number of amides is 1. The maximum atomic E-state index is 12.0. The van der Waals surface area contributed by atoms with Crippen LogP contribution in [-0.4, -0.2) is 36.4 Å². The summed E-state index contributed by atoms with van der Waals surface area (Å²) < 4.78 is 22.9. The highest BCUT2D eigenvalue weighted by Crippen LogP contribution is 2.24. The highest BCUT2D eigenvalue weighted by atomic mass is 35.5. The largest absolute Gasteiger partial charge is 0.346 e. The van der Waals surface area contributed by atoms with Crippen LogP contribution >= 0.6 is 11.6 Å². The van der Waals surface area contributed by atoms with Crippen molar-refractivity contribution in [2.75, 3.05) is 11.5 Å². The fraction of sp³-hybridized carbons (Fsp3) is 0.455. The molecule has 1 fully saturated rings. The molecule has 0 spiro atoms. The molecule has 98 valence electrons. The number of carbonyl (C=O) groups is 1. The molecule has 18 heavy (non-hydrogen) atoms. The zero-order valence-corrected chi connectivity index (χ0v) is 11.4. The van der Waals surface area contributed by atoms with Crippen LogP contribution < -0.4 is 5.32 Å². The molecule has 7 heteroatoms. The Kier molecular flexibility index (Phi) is 3.33. The van der Waals surface area contributed by atoms with Crippen LogP contribution in [0.3, 0.4) is 0 Å². The van der Waals surface area contributed by atoms with Crippen molar-refractivity contribution in [2.24, 2.45) is 0 Å². The molecule has 0 radical (unpaired) electrons. The predicted molar refractivity (Wildman–Crippen MR) is 68.4 cm³/mol. The molecule has 2 rings (SSSR count). The molecule has 1 aliphatic heterocycles. The van der Waals surface area contributed by atoms with Gasteiger partial charge >= 0.3 is 0 Å².